The summed E-state index contributed by atoms with van der Waals surface area (Å²) in [4.78, 5) is 20.7. The molecule has 0 aliphatic heterocycles. The minimum atomic E-state index is -0.853. The van der Waals surface area contributed by atoms with Crippen LogP contribution in [0, 0.1) is 5.41 Å². The van der Waals surface area contributed by atoms with Gasteiger partial charge in [-0.15, -0.1) is 0 Å². The van der Waals surface area contributed by atoms with E-state index in [2.05, 4.69) is 5.32 Å². The molecule has 23 heavy (non-hydrogen) atoms. The first-order valence-corrected chi connectivity index (χ1v) is 7.90. The van der Waals surface area contributed by atoms with Crippen molar-refractivity contribution in [2.45, 2.75) is 38.5 Å². The Kier molecular flexibility index (Phi) is 8.11. The van der Waals surface area contributed by atoms with Crippen molar-refractivity contribution < 1.29 is 19.8 Å². The number of nitrogens with one attached hydrogen (secondary N) is 1. The predicted molar refractivity (Wildman–Crippen MR) is 89.4 cm³/mol. The highest BCUT2D eigenvalue weighted by molar-refractivity contribution is 5.72. The van der Waals surface area contributed by atoms with Gasteiger partial charge in [0.15, 0.2) is 0 Å². The van der Waals surface area contributed by atoms with Gasteiger partial charge < -0.3 is 21.3 Å². The molecule has 1 saturated carbocycles. The standard InChI is InChI=1S/C9H17NO2.C8H9NO2/c10-7-9(6-8(11)12)4-2-1-3-5-9;10-8(11)6-9-7-4-2-1-3-5-7/h1-7,10H2,(H,11,12);1-5,9H,6H2,(H,10,11). The molecule has 6 nitrogen and oxygen atoms in total. The molecule has 0 amide bonds. The zero-order chi connectivity index (χ0) is 17.1. The van der Waals surface area contributed by atoms with Crippen LogP contribution >= 0.6 is 0 Å². The molecule has 1 aromatic carbocycles. The first-order chi connectivity index (χ1) is 11.0. The third kappa shape index (κ3) is 7.65. The average Bonchev–Trinajstić information content (AvgIpc) is 2.55. The second-order valence-electron chi connectivity index (χ2n) is 5.95. The lowest BCUT2D eigenvalue weighted by Crippen LogP contribution is -2.34. The van der Waals surface area contributed by atoms with Crippen LogP contribution in [0.5, 0.6) is 0 Å². The highest BCUT2D eigenvalue weighted by Crippen LogP contribution is 2.38. The van der Waals surface area contributed by atoms with Crippen molar-refractivity contribution in [2.24, 2.45) is 11.1 Å². The fourth-order valence-corrected chi connectivity index (χ4v) is 2.81. The van der Waals surface area contributed by atoms with Gasteiger partial charge in [-0.2, -0.15) is 0 Å². The predicted octanol–water partition coefficient (Wildman–Crippen LogP) is 2.55. The molecule has 0 bridgehead atoms. The summed E-state index contributed by atoms with van der Waals surface area (Å²) < 4.78 is 0. The van der Waals surface area contributed by atoms with Crippen LogP contribution in [-0.4, -0.2) is 35.2 Å². The summed E-state index contributed by atoms with van der Waals surface area (Å²) in [6.07, 6.45) is 5.77. The average molecular weight is 322 g/mol. The number of anilines is 1. The first-order valence-electron chi connectivity index (χ1n) is 7.90. The Balaban J connectivity index is 0.000000231. The molecule has 0 heterocycles. The maximum Gasteiger partial charge on any atom is 0.322 e. The Morgan fingerprint density at radius 1 is 1.04 bits per heavy atom. The number of aliphatic carboxylic acids is 2. The van der Waals surface area contributed by atoms with Crippen molar-refractivity contribution in [1.82, 2.24) is 0 Å². The Labute approximate surface area is 136 Å². The van der Waals surface area contributed by atoms with E-state index in [9.17, 15) is 9.59 Å². The molecule has 1 aliphatic rings. The summed E-state index contributed by atoms with van der Waals surface area (Å²) >= 11 is 0. The van der Waals surface area contributed by atoms with Crippen LogP contribution in [-0.2, 0) is 9.59 Å². The normalized spacial score (nSPS) is 15.9. The third-order valence-electron chi connectivity index (χ3n) is 4.09. The van der Waals surface area contributed by atoms with Gasteiger partial charge in [0.05, 0.1) is 6.42 Å². The van der Waals surface area contributed by atoms with E-state index >= 15 is 0 Å². The molecular formula is C17H26N2O4. The number of carboxylic acids is 2. The Morgan fingerprint density at radius 3 is 2.13 bits per heavy atom. The van der Waals surface area contributed by atoms with Crippen LogP contribution in [0.15, 0.2) is 30.3 Å². The molecule has 0 spiro atoms. The smallest absolute Gasteiger partial charge is 0.322 e. The van der Waals surface area contributed by atoms with Crippen LogP contribution < -0.4 is 11.1 Å². The lowest BCUT2D eigenvalue weighted by Gasteiger charge is -2.34. The van der Waals surface area contributed by atoms with Gasteiger partial charge in [0.1, 0.15) is 6.54 Å². The van der Waals surface area contributed by atoms with Crippen molar-refractivity contribution in [1.29, 1.82) is 0 Å². The fourth-order valence-electron chi connectivity index (χ4n) is 2.81. The second-order valence-corrected chi connectivity index (χ2v) is 5.95. The van der Waals surface area contributed by atoms with E-state index in [0.717, 1.165) is 31.4 Å². The molecule has 2 rings (SSSR count). The summed E-state index contributed by atoms with van der Waals surface area (Å²) in [5, 5.41) is 19.8. The molecule has 0 aromatic heterocycles. The van der Waals surface area contributed by atoms with Gasteiger partial charge in [0, 0.05) is 5.69 Å². The molecular weight excluding hydrogens is 296 g/mol. The highest BCUT2D eigenvalue weighted by Gasteiger charge is 2.32. The quantitative estimate of drug-likeness (QED) is 0.640. The maximum absolute atomic E-state index is 10.6. The number of nitrogens with two attached hydrogens (primary N) is 1. The van der Waals surface area contributed by atoms with Crippen molar-refractivity contribution in [3.63, 3.8) is 0 Å². The summed E-state index contributed by atoms with van der Waals surface area (Å²) in [7, 11) is 0. The van der Waals surface area contributed by atoms with Crippen LogP contribution in [0.1, 0.15) is 38.5 Å². The molecule has 0 atom stereocenters. The molecule has 0 radical (unpaired) electrons. The van der Waals surface area contributed by atoms with Gasteiger partial charge in [-0.1, -0.05) is 37.5 Å². The molecule has 1 aromatic rings. The lowest BCUT2D eigenvalue weighted by atomic mass is 9.72. The molecule has 5 N–H and O–H groups in total. The summed E-state index contributed by atoms with van der Waals surface area (Å²) in [6.45, 7) is 0.489. The van der Waals surface area contributed by atoms with E-state index in [1.807, 2.05) is 30.3 Å². The van der Waals surface area contributed by atoms with E-state index in [0.29, 0.717) is 6.54 Å². The van der Waals surface area contributed by atoms with Crippen molar-refractivity contribution >= 4 is 17.6 Å². The number of rotatable bonds is 6. The van der Waals surface area contributed by atoms with Gasteiger partial charge >= 0.3 is 11.9 Å². The number of carboxylic acid groups (broad SMARTS) is 2. The SMILES string of the molecule is NCC1(CC(=O)O)CCCCC1.O=C(O)CNc1ccccc1. The summed E-state index contributed by atoms with van der Waals surface area (Å²) in [5.74, 6) is -1.56. The number of para-hydroxylation sites is 1. The zero-order valence-corrected chi connectivity index (χ0v) is 13.3. The van der Waals surface area contributed by atoms with Crippen molar-refractivity contribution in [3.8, 4) is 0 Å². The van der Waals surface area contributed by atoms with E-state index < -0.39 is 11.9 Å². The van der Waals surface area contributed by atoms with Crippen molar-refractivity contribution in [3.05, 3.63) is 30.3 Å². The molecule has 6 heteroatoms. The van der Waals surface area contributed by atoms with Crippen molar-refractivity contribution in [2.75, 3.05) is 18.4 Å². The molecule has 1 aliphatic carbocycles. The van der Waals surface area contributed by atoms with Crippen LogP contribution in [0.2, 0.25) is 0 Å². The molecule has 1 fully saturated rings. The topological polar surface area (TPSA) is 113 Å². The minimum absolute atomic E-state index is 0.0377. The Bertz CT molecular complexity index is 485. The van der Waals surface area contributed by atoms with E-state index in [-0.39, 0.29) is 18.4 Å². The third-order valence-corrected chi connectivity index (χ3v) is 4.09. The van der Waals surface area contributed by atoms with E-state index in [1.54, 1.807) is 0 Å². The highest BCUT2D eigenvalue weighted by atomic mass is 16.4. The largest absolute Gasteiger partial charge is 0.481 e. The molecule has 0 unspecified atom stereocenters. The number of hydrogen-bond donors (Lipinski definition) is 4. The Hall–Kier alpha value is -2.08. The minimum Gasteiger partial charge on any atom is -0.481 e. The maximum atomic E-state index is 10.6. The zero-order valence-electron chi connectivity index (χ0n) is 13.3. The second kappa shape index (κ2) is 9.84. The van der Waals surface area contributed by atoms with Crippen LogP contribution in [0.3, 0.4) is 0 Å². The van der Waals surface area contributed by atoms with Gasteiger partial charge in [-0.25, -0.2) is 0 Å². The summed E-state index contributed by atoms with van der Waals surface area (Å²) in [6, 6.07) is 9.23. The number of carbonyl (C=O) groups is 2. The van der Waals surface area contributed by atoms with Gasteiger partial charge in [0.2, 0.25) is 0 Å². The van der Waals surface area contributed by atoms with Gasteiger partial charge in [-0.3, -0.25) is 9.59 Å². The summed E-state index contributed by atoms with van der Waals surface area (Å²) in [5.41, 5.74) is 6.37. The van der Waals surface area contributed by atoms with Crippen LogP contribution in [0.25, 0.3) is 0 Å². The first kappa shape index (κ1) is 19.0. The van der Waals surface area contributed by atoms with Gasteiger partial charge in [0.25, 0.3) is 0 Å². The lowest BCUT2D eigenvalue weighted by molar-refractivity contribution is -0.140. The number of benzene rings is 1. The van der Waals surface area contributed by atoms with Crippen LogP contribution in [0.4, 0.5) is 5.69 Å². The molecule has 128 valence electrons. The number of hydrogen-bond acceptors (Lipinski definition) is 4. The Morgan fingerprint density at radius 2 is 1.65 bits per heavy atom. The molecule has 0 saturated heterocycles. The van der Waals surface area contributed by atoms with E-state index in [1.165, 1.54) is 6.42 Å². The monoisotopic (exact) mass is 322 g/mol. The van der Waals surface area contributed by atoms with Gasteiger partial charge in [-0.05, 0) is 36.9 Å². The fraction of sp³-hybridized carbons (Fsp3) is 0.529. The van der Waals surface area contributed by atoms with E-state index in [4.69, 9.17) is 15.9 Å².